The summed E-state index contributed by atoms with van der Waals surface area (Å²) in [5.74, 6) is 1.64. The molecule has 0 spiro atoms. The Morgan fingerprint density at radius 2 is 2.13 bits per heavy atom. The zero-order valence-electron chi connectivity index (χ0n) is 18.3. The molecule has 9 heteroatoms. The number of morpholine rings is 1. The van der Waals surface area contributed by atoms with E-state index in [2.05, 4.69) is 17.4 Å². The zero-order valence-corrected chi connectivity index (χ0v) is 18.3. The molecule has 0 amide bonds. The third-order valence-electron chi connectivity index (χ3n) is 5.38. The molecule has 1 aromatic heterocycles. The van der Waals surface area contributed by atoms with Crippen LogP contribution in [0.2, 0.25) is 0 Å². The maximum Gasteiger partial charge on any atom is 0.416 e. The van der Waals surface area contributed by atoms with Crippen molar-refractivity contribution in [2.45, 2.75) is 45.9 Å². The lowest BCUT2D eigenvalue weighted by molar-refractivity contribution is -0.137. The second-order valence-electron chi connectivity index (χ2n) is 7.76. The van der Waals surface area contributed by atoms with Gasteiger partial charge in [-0.05, 0) is 38.5 Å². The highest BCUT2D eigenvalue weighted by Gasteiger charge is 2.32. The van der Waals surface area contributed by atoms with Gasteiger partial charge in [0.2, 0.25) is 0 Å². The Kier molecular flexibility index (Phi) is 7.25. The van der Waals surface area contributed by atoms with Crippen LogP contribution in [0, 0.1) is 13.8 Å². The van der Waals surface area contributed by atoms with Crippen LogP contribution in [0.4, 0.5) is 13.2 Å². The van der Waals surface area contributed by atoms with E-state index in [-0.39, 0.29) is 5.92 Å². The number of benzene rings is 1. The van der Waals surface area contributed by atoms with Crippen LogP contribution in [0.3, 0.4) is 0 Å². The molecule has 1 aliphatic rings. The molecule has 1 saturated heterocycles. The first-order chi connectivity index (χ1) is 14.7. The standard InChI is InChI=1S/C22H29F3N4O2/c1-5-26-21(27-12-14(2)20-15(3)28-31-16(20)4)29-9-10-30-19(13-29)17-7-6-8-18(11-17)22(23,24)25/h6-8,11,14,19H,5,9-10,12-13H2,1-4H3,(H,26,27). The van der Waals surface area contributed by atoms with Gasteiger partial charge in [0.05, 0.1) is 24.4 Å². The monoisotopic (exact) mass is 438 g/mol. The van der Waals surface area contributed by atoms with Gasteiger partial charge in [-0.15, -0.1) is 0 Å². The average molecular weight is 438 g/mol. The highest BCUT2D eigenvalue weighted by atomic mass is 19.4. The summed E-state index contributed by atoms with van der Waals surface area (Å²) in [6.07, 6.45) is -4.84. The predicted molar refractivity (Wildman–Crippen MR) is 112 cm³/mol. The molecule has 6 nitrogen and oxygen atoms in total. The molecule has 2 unspecified atom stereocenters. The van der Waals surface area contributed by atoms with Crippen LogP contribution in [0.15, 0.2) is 33.8 Å². The first-order valence-corrected chi connectivity index (χ1v) is 10.5. The van der Waals surface area contributed by atoms with Gasteiger partial charge in [0.25, 0.3) is 0 Å². The minimum absolute atomic E-state index is 0.125. The van der Waals surface area contributed by atoms with Crippen molar-refractivity contribution >= 4 is 5.96 Å². The van der Waals surface area contributed by atoms with E-state index in [9.17, 15) is 13.2 Å². The zero-order chi connectivity index (χ0) is 22.6. The molecular formula is C22H29F3N4O2. The molecule has 1 N–H and O–H groups in total. The number of nitrogens with zero attached hydrogens (tertiary/aromatic N) is 3. The van der Waals surface area contributed by atoms with Gasteiger partial charge in [0, 0.05) is 31.1 Å². The van der Waals surface area contributed by atoms with Gasteiger partial charge in [-0.25, -0.2) is 0 Å². The molecular weight excluding hydrogens is 409 g/mol. The summed E-state index contributed by atoms with van der Waals surface area (Å²) in [7, 11) is 0. The Morgan fingerprint density at radius 1 is 1.35 bits per heavy atom. The number of alkyl halides is 3. The van der Waals surface area contributed by atoms with E-state index in [0.29, 0.717) is 38.3 Å². The van der Waals surface area contributed by atoms with E-state index >= 15 is 0 Å². The fraction of sp³-hybridized carbons (Fsp3) is 0.545. The van der Waals surface area contributed by atoms with Gasteiger partial charge in [-0.2, -0.15) is 13.2 Å². The van der Waals surface area contributed by atoms with E-state index in [1.807, 2.05) is 25.7 Å². The molecule has 1 aliphatic heterocycles. The summed E-state index contributed by atoms with van der Waals surface area (Å²) in [5.41, 5.74) is 1.77. The second-order valence-corrected chi connectivity index (χ2v) is 7.76. The van der Waals surface area contributed by atoms with Crippen LogP contribution in [-0.2, 0) is 10.9 Å². The van der Waals surface area contributed by atoms with Crippen LogP contribution in [0.25, 0.3) is 0 Å². The normalized spacial score (nSPS) is 18.9. The maximum absolute atomic E-state index is 13.1. The highest BCUT2D eigenvalue weighted by Crippen LogP contribution is 2.32. The van der Waals surface area contributed by atoms with Crippen LogP contribution in [0.5, 0.6) is 0 Å². The Labute approximate surface area is 180 Å². The number of nitrogens with one attached hydrogen (secondary N) is 1. The van der Waals surface area contributed by atoms with E-state index < -0.39 is 17.8 Å². The number of hydrogen-bond donors (Lipinski definition) is 1. The number of rotatable bonds is 5. The number of aliphatic imine (C=N–C) groups is 1. The van der Waals surface area contributed by atoms with Crippen LogP contribution in [0.1, 0.15) is 54.0 Å². The first-order valence-electron chi connectivity index (χ1n) is 10.5. The van der Waals surface area contributed by atoms with Crippen molar-refractivity contribution in [2.75, 3.05) is 32.8 Å². The molecule has 1 fully saturated rings. The summed E-state index contributed by atoms with van der Waals surface area (Å²) in [5, 5.41) is 7.30. The molecule has 0 saturated carbocycles. The van der Waals surface area contributed by atoms with Gasteiger partial charge in [0.1, 0.15) is 11.9 Å². The fourth-order valence-electron chi connectivity index (χ4n) is 3.89. The van der Waals surface area contributed by atoms with E-state index in [1.54, 1.807) is 6.07 Å². The molecule has 2 heterocycles. The molecule has 0 radical (unpaired) electrons. The van der Waals surface area contributed by atoms with Crippen molar-refractivity contribution < 1.29 is 22.4 Å². The van der Waals surface area contributed by atoms with Gasteiger partial charge in [-0.3, -0.25) is 4.99 Å². The summed E-state index contributed by atoms with van der Waals surface area (Å²) < 4.78 is 50.4. The number of guanidine groups is 1. The topological polar surface area (TPSA) is 62.9 Å². The molecule has 1 aromatic carbocycles. The maximum atomic E-state index is 13.1. The SMILES string of the molecule is CCNC(=NCC(C)c1c(C)noc1C)N1CCOC(c2cccc(C(F)(F)F)c2)C1. The molecule has 2 atom stereocenters. The Hall–Kier alpha value is -2.55. The predicted octanol–water partition coefficient (Wildman–Crippen LogP) is 4.45. The lowest BCUT2D eigenvalue weighted by Crippen LogP contribution is -2.48. The van der Waals surface area contributed by atoms with Crippen LogP contribution in [-0.4, -0.2) is 48.8 Å². The lowest BCUT2D eigenvalue weighted by atomic mass is 10.00. The van der Waals surface area contributed by atoms with Crippen molar-refractivity contribution in [1.82, 2.24) is 15.4 Å². The summed E-state index contributed by atoms with van der Waals surface area (Å²) in [6, 6.07) is 5.33. The summed E-state index contributed by atoms with van der Waals surface area (Å²) in [6.45, 7) is 10.5. The molecule has 0 bridgehead atoms. The number of hydrogen-bond acceptors (Lipinski definition) is 4. The Morgan fingerprint density at radius 3 is 2.77 bits per heavy atom. The summed E-state index contributed by atoms with van der Waals surface area (Å²) >= 11 is 0. The van der Waals surface area contributed by atoms with Crippen molar-refractivity contribution in [1.29, 1.82) is 0 Å². The largest absolute Gasteiger partial charge is 0.416 e. The van der Waals surface area contributed by atoms with Crippen molar-refractivity contribution in [3.63, 3.8) is 0 Å². The van der Waals surface area contributed by atoms with Gasteiger partial charge in [-0.1, -0.05) is 24.2 Å². The fourth-order valence-corrected chi connectivity index (χ4v) is 3.89. The van der Waals surface area contributed by atoms with Crippen molar-refractivity contribution in [3.8, 4) is 0 Å². The lowest BCUT2D eigenvalue weighted by Gasteiger charge is -2.35. The highest BCUT2D eigenvalue weighted by molar-refractivity contribution is 5.80. The molecule has 2 aromatic rings. The van der Waals surface area contributed by atoms with E-state index in [4.69, 9.17) is 14.3 Å². The number of aromatic nitrogens is 1. The third-order valence-corrected chi connectivity index (χ3v) is 5.38. The Balaban J connectivity index is 1.75. The quantitative estimate of drug-likeness (QED) is 0.552. The van der Waals surface area contributed by atoms with Crippen LogP contribution >= 0.6 is 0 Å². The minimum Gasteiger partial charge on any atom is -0.370 e. The minimum atomic E-state index is -4.38. The number of halogens is 3. The Bertz CT molecular complexity index is 891. The van der Waals surface area contributed by atoms with Crippen molar-refractivity contribution in [2.24, 2.45) is 4.99 Å². The molecule has 3 rings (SSSR count). The summed E-state index contributed by atoms with van der Waals surface area (Å²) in [4.78, 5) is 6.83. The third kappa shape index (κ3) is 5.58. The first kappa shape index (κ1) is 23.1. The van der Waals surface area contributed by atoms with Crippen LogP contribution < -0.4 is 5.32 Å². The van der Waals surface area contributed by atoms with Gasteiger partial charge < -0.3 is 19.5 Å². The number of aryl methyl sites for hydroxylation is 2. The molecule has 0 aliphatic carbocycles. The number of ether oxygens (including phenoxy) is 1. The van der Waals surface area contributed by atoms with Gasteiger partial charge >= 0.3 is 6.18 Å². The van der Waals surface area contributed by atoms with E-state index in [0.717, 1.165) is 35.1 Å². The average Bonchev–Trinajstić information content (AvgIpc) is 3.08. The van der Waals surface area contributed by atoms with Crippen molar-refractivity contribution in [3.05, 3.63) is 52.4 Å². The van der Waals surface area contributed by atoms with Gasteiger partial charge in [0.15, 0.2) is 5.96 Å². The second kappa shape index (κ2) is 9.72. The van der Waals surface area contributed by atoms with E-state index in [1.165, 1.54) is 6.07 Å². The molecule has 31 heavy (non-hydrogen) atoms. The molecule has 170 valence electrons. The smallest absolute Gasteiger partial charge is 0.370 e.